The smallest absolute Gasteiger partial charge is 0.123 e. The Morgan fingerprint density at radius 3 is 2.53 bits per heavy atom. The summed E-state index contributed by atoms with van der Waals surface area (Å²) in [6, 6.07) is 16.5. The fourth-order valence-corrected chi connectivity index (χ4v) is 2.22. The molecule has 2 nitrogen and oxygen atoms in total. The van der Waals surface area contributed by atoms with E-state index in [1.54, 1.807) is 0 Å². The number of rotatable bonds is 4. The van der Waals surface area contributed by atoms with E-state index in [9.17, 15) is 0 Å². The van der Waals surface area contributed by atoms with E-state index in [2.05, 4.69) is 37.3 Å². The maximum atomic E-state index is 6.24. The minimum atomic E-state index is -0.0987. The Balaban J connectivity index is 1.77. The minimum absolute atomic E-state index is 0.0987. The second-order valence-corrected chi connectivity index (χ2v) is 5.41. The van der Waals surface area contributed by atoms with Crippen molar-refractivity contribution in [3.8, 4) is 5.75 Å². The molecule has 0 saturated heterocycles. The Bertz CT molecular complexity index is 573. The molecule has 1 saturated carbocycles. The molecule has 0 atom stereocenters. The summed E-state index contributed by atoms with van der Waals surface area (Å²) >= 11 is 0. The van der Waals surface area contributed by atoms with Crippen molar-refractivity contribution in [1.82, 2.24) is 0 Å². The predicted molar refractivity (Wildman–Crippen MR) is 77.1 cm³/mol. The van der Waals surface area contributed by atoms with Crippen LogP contribution < -0.4 is 10.5 Å². The van der Waals surface area contributed by atoms with Crippen molar-refractivity contribution in [1.29, 1.82) is 0 Å². The molecule has 1 aliphatic rings. The zero-order valence-corrected chi connectivity index (χ0v) is 11.2. The number of benzene rings is 2. The molecule has 0 amide bonds. The van der Waals surface area contributed by atoms with Gasteiger partial charge in [0.15, 0.2) is 0 Å². The van der Waals surface area contributed by atoms with Crippen molar-refractivity contribution < 1.29 is 4.74 Å². The molecule has 2 heteroatoms. The van der Waals surface area contributed by atoms with Crippen LogP contribution in [0.4, 0.5) is 0 Å². The van der Waals surface area contributed by atoms with Gasteiger partial charge in [-0.25, -0.2) is 0 Å². The second kappa shape index (κ2) is 4.71. The van der Waals surface area contributed by atoms with Gasteiger partial charge in [0.05, 0.1) is 0 Å². The molecule has 0 spiro atoms. The minimum Gasteiger partial charge on any atom is -0.489 e. The van der Waals surface area contributed by atoms with Crippen molar-refractivity contribution in [2.75, 3.05) is 0 Å². The highest BCUT2D eigenvalue weighted by atomic mass is 16.5. The van der Waals surface area contributed by atoms with E-state index in [1.807, 2.05) is 18.2 Å². The third kappa shape index (κ3) is 2.64. The summed E-state index contributed by atoms with van der Waals surface area (Å²) in [5, 5.41) is 0. The first-order chi connectivity index (χ1) is 9.17. The van der Waals surface area contributed by atoms with Crippen molar-refractivity contribution >= 4 is 0 Å². The fraction of sp³-hybridized carbons (Fsp3) is 0.294. The van der Waals surface area contributed by atoms with Gasteiger partial charge >= 0.3 is 0 Å². The van der Waals surface area contributed by atoms with Gasteiger partial charge in [-0.15, -0.1) is 0 Å². The van der Waals surface area contributed by atoms with Gasteiger partial charge in [-0.2, -0.15) is 0 Å². The molecule has 0 bridgehead atoms. The lowest BCUT2D eigenvalue weighted by molar-refractivity contribution is 0.303. The largest absolute Gasteiger partial charge is 0.489 e. The zero-order chi connectivity index (χ0) is 13.3. The van der Waals surface area contributed by atoms with Gasteiger partial charge in [-0.05, 0) is 42.5 Å². The van der Waals surface area contributed by atoms with Crippen molar-refractivity contribution in [2.45, 2.75) is 31.9 Å². The van der Waals surface area contributed by atoms with Gasteiger partial charge in [-0.3, -0.25) is 0 Å². The SMILES string of the molecule is Cc1ccc(C2(N)CC2)cc1OCc1ccccc1. The first kappa shape index (κ1) is 12.2. The van der Waals surface area contributed by atoms with Gasteiger partial charge in [0.2, 0.25) is 0 Å². The highest BCUT2D eigenvalue weighted by Crippen LogP contribution is 2.43. The average molecular weight is 253 g/mol. The summed E-state index contributed by atoms with van der Waals surface area (Å²) < 4.78 is 5.93. The first-order valence-electron chi connectivity index (χ1n) is 6.74. The number of ether oxygens (including phenoxy) is 1. The fourth-order valence-electron chi connectivity index (χ4n) is 2.22. The van der Waals surface area contributed by atoms with Crippen LogP contribution in [-0.4, -0.2) is 0 Å². The standard InChI is InChI=1S/C17H19NO/c1-13-7-8-15(17(18)9-10-17)11-16(13)19-12-14-5-3-2-4-6-14/h2-8,11H,9-10,12,18H2,1H3. The number of hydrogen-bond donors (Lipinski definition) is 1. The van der Waals surface area contributed by atoms with Crippen molar-refractivity contribution in [2.24, 2.45) is 5.73 Å². The maximum Gasteiger partial charge on any atom is 0.123 e. The van der Waals surface area contributed by atoms with Crippen LogP contribution in [0.3, 0.4) is 0 Å². The summed E-state index contributed by atoms with van der Waals surface area (Å²) in [7, 11) is 0. The van der Waals surface area contributed by atoms with Crippen LogP contribution in [0.1, 0.15) is 29.5 Å². The van der Waals surface area contributed by atoms with Gasteiger partial charge in [0, 0.05) is 5.54 Å². The van der Waals surface area contributed by atoms with Crippen LogP contribution >= 0.6 is 0 Å². The molecule has 1 fully saturated rings. The number of hydrogen-bond acceptors (Lipinski definition) is 2. The van der Waals surface area contributed by atoms with Crippen LogP contribution in [0, 0.1) is 6.92 Å². The van der Waals surface area contributed by atoms with E-state index in [-0.39, 0.29) is 5.54 Å². The molecule has 2 aromatic rings. The highest BCUT2D eigenvalue weighted by Gasteiger charge is 2.40. The van der Waals surface area contributed by atoms with E-state index < -0.39 is 0 Å². The lowest BCUT2D eigenvalue weighted by Crippen LogP contribution is -2.18. The Kier molecular flexibility index (Phi) is 3.03. The summed E-state index contributed by atoms with van der Waals surface area (Å²) in [5.41, 5.74) is 9.67. The third-order valence-electron chi connectivity index (χ3n) is 3.79. The second-order valence-electron chi connectivity index (χ2n) is 5.41. The van der Waals surface area contributed by atoms with Gasteiger partial charge in [-0.1, -0.05) is 42.5 Å². The molecule has 3 rings (SSSR count). The molecule has 2 aromatic carbocycles. The third-order valence-corrected chi connectivity index (χ3v) is 3.79. The number of aryl methyl sites for hydroxylation is 1. The van der Waals surface area contributed by atoms with E-state index in [0.717, 1.165) is 24.2 Å². The summed E-state index contributed by atoms with van der Waals surface area (Å²) in [6.45, 7) is 2.67. The summed E-state index contributed by atoms with van der Waals surface area (Å²) in [5.74, 6) is 0.943. The molecular weight excluding hydrogens is 234 g/mol. The topological polar surface area (TPSA) is 35.2 Å². The lowest BCUT2D eigenvalue weighted by atomic mass is 10.0. The zero-order valence-electron chi connectivity index (χ0n) is 11.2. The monoisotopic (exact) mass is 253 g/mol. The molecule has 0 unspecified atom stereocenters. The molecule has 2 N–H and O–H groups in total. The molecular formula is C17H19NO. The van der Waals surface area contributed by atoms with Crippen LogP contribution in [0.15, 0.2) is 48.5 Å². The molecule has 1 aliphatic carbocycles. The van der Waals surface area contributed by atoms with Crippen molar-refractivity contribution in [3.63, 3.8) is 0 Å². The molecule has 0 heterocycles. The van der Waals surface area contributed by atoms with Gasteiger partial charge in [0.1, 0.15) is 12.4 Å². The molecule has 0 aliphatic heterocycles. The van der Waals surface area contributed by atoms with Crippen LogP contribution in [-0.2, 0) is 12.1 Å². The quantitative estimate of drug-likeness (QED) is 0.904. The lowest BCUT2D eigenvalue weighted by Gasteiger charge is -2.14. The Morgan fingerprint density at radius 2 is 1.84 bits per heavy atom. The average Bonchev–Trinajstić information content (AvgIpc) is 3.18. The van der Waals surface area contributed by atoms with E-state index in [0.29, 0.717) is 6.61 Å². The van der Waals surface area contributed by atoms with E-state index >= 15 is 0 Å². The first-order valence-corrected chi connectivity index (χ1v) is 6.74. The van der Waals surface area contributed by atoms with Crippen LogP contribution in [0.2, 0.25) is 0 Å². The van der Waals surface area contributed by atoms with E-state index in [4.69, 9.17) is 10.5 Å². The highest BCUT2D eigenvalue weighted by molar-refractivity contribution is 5.41. The molecule has 19 heavy (non-hydrogen) atoms. The maximum absolute atomic E-state index is 6.24. The van der Waals surface area contributed by atoms with Crippen LogP contribution in [0.5, 0.6) is 5.75 Å². The van der Waals surface area contributed by atoms with Gasteiger partial charge < -0.3 is 10.5 Å². The summed E-state index contributed by atoms with van der Waals surface area (Å²) in [6.07, 6.45) is 2.16. The Labute approximate surface area is 114 Å². The Hall–Kier alpha value is -1.80. The Morgan fingerprint density at radius 1 is 1.11 bits per heavy atom. The number of nitrogens with two attached hydrogens (primary N) is 1. The molecule has 0 radical (unpaired) electrons. The molecule has 98 valence electrons. The van der Waals surface area contributed by atoms with Crippen molar-refractivity contribution in [3.05, 3.63) is 65.2 Å². The summed E-state index contributed by atoms with van der Waals surface area (Å²) in [4.78, 5) is 0. The predicted octanol–water partition coefficient (Wildman–Crippen LogP) is 3.52. The van der Waals surface area contributed by atoms with Gasteiger partial charge in [0.25, 0.3) is 0 Å². The van der Waals surface area contributed by atoms with Crippen LogP contribution in [0.25, 0.3) is 0 Å². The van der Waals surface area contributed by atoms with E-state index in [1.165, 1.54) is 11.1 Å². The normalized spacial score (nSPS) is 16.1. The molecule has 0 aromatic heterocycles.